The van der Waals surface area contributed by atoms with Crippen LogP contribution in [0.4, 0.5) is 11.6 Å². The average molecular weight is 422 g/mol. The Hall–Kier alpha value is -3.62. The largest absolute Gasteiger partial charge is 0.373 e. The second-order valence-electron chi connectivity index (χ2n) is 7.95. The lowest BCUT2D eigenvalue weighted by molar-refractivity contribution is 0.0726. The Labute approximate surface area is 180 Å². The number of aryl methyl sites for hydroxylation is 2. The monoisotopic (exact) mass is 421 g/mol. The molecule has 4 rings (SSSR count). The molecule has 0 radical (unpaired) electrons. The van der Waals surface area contributed by atoms with Crippen LogP contribution in [0.5, 0.6) is 0 Å². The van der Waals surface area contributed by atoms with E-state index in [1.807, 2.05) is 31.0 Å². The van der Waals surface area contributed by atoms with Gasteiger partial charge in [-0.2, -0.15) is 5.10 Å². The molecule has 4 heterocycles. The van der Waals surface area contributed by atoms with Gasteiger partial charge in [0, 0.05) is 58.2 Å². The maximum atomic E-state index is 12.8. The van der Waals surface area contributed by atoms with Crippen LogP contribution in [0.25, 0.3) is 11.1 Å². The maximum Gasteiger partial charge on any atom is 0.257 e. The molecule has 1 amide bonds. The van der Waals surface area contributed by atoms with Crippen molar-refractivity contribution in [3.63, 3.8) is 0 Å². The number of pyridine rings is 2. The van der Waals surface area contributed by atoms with Crippen LogP contribution >= 0.6 is 0 Å². The molecule has 1 unspecified atom stereocenters. The van der Waals surface area contributed by atoms with Crippen molar-refractivity contribution in [3.05, 3.63) is 58.3 Å². The Balaban J connectivity index is 1.58. The van der Waals surface area contributed by atoms with Gasteiger partial charge in [0.25, 0.3) is 5.91 Å². The summed E-state index contributed by atoms with van der Waals surface area (Å²) in [5, 5.41) is 7.14. The summed E-state index contributed by atoms with van der Waals surface area (Å²) < 4.78 is 1.63. The molecule has 1 fully saturated rings. The van der Waals surface area contributed by atoms with E-state index in [4.69, 9.17) is 0 Å². The molecule has 0 aliphatic carbocycles. The van der Waals surface area contributed by atoms with Crippen molar-refractivity contribution in [3.8, 4) is 11.1 Å². The fourth-order valence-corrected chi connectivity index (χ4v) is 4.02. The number of H-pyrrole nitrogens is 1. The first-order valence-electron chi connectivity index (χ1n) is 10.3. The van der Waals surface area contributed by atoms with E-state index >= 15 is 0 Å². The molecule has 3 aromatic heterocycles. The van der Waals surface area contributed by atoms with Gasteiger partial charge in [-0.15, -0.1) is 0 Å². The summed E-state index contributed by atoms with van der Waals surface area (Å²) in [7, 11) is 3.61. The molecule has 0 saturated carbocycles. The first-order chi connectivity index (χ1) is 14.9. The lowest BCUT2D eigenvalue weighted by Gasteiger charge is -2.40. The average Bonchev–Trinajstić information content (AvgIpc) is 3.19. The normalized spacial score (nSPS) is 16.5. The molecular formula is C22H27N7O2. The first-order valence-corrected chi connectivity index (χ1v) is 10.3. The Bertz CT molecular complexity index is 1170. The van der Waals surface area contributed by atoms with Gasteiger partial charge in [-0.3, -0.25) is 14.3 Å². The number of piperazine rings is 1. The number of hydrogen-bond donors (Lipinski definition) is 2. The van der Waals surface area contributed by atoms with E-state index < -0.39 is 0 Å². The number of carbonyl (C=O) groups excluding carboxylic acids is 1. The summed E-state index contributed by atoms with van der Waals surface area (Å²) in [5.41, 5.74) is 3.24. The quantitative estimate of drug-likeness (QED) is 0.667. The predicted molar refractivity (Wildman–Crippen MR) is 120 cm³/mol. The number of aromatic amines is 1. The molecule has 0 bridgehead atoms. The number of nitrogens with zero attached hydrogens (tertiary/aromatic N) is 5. The topological polar surface area (TPSA) is 99.1 Å². The zero-order valence-electron chi connectivity index (χ0n) is 18.2. The first kappa shape index (κ1) is 20.6. The molecule has 2 N–H and O–H groups in total. The minimum atomic E-state index is -0.157. The lowest BCUT2D eigenvalue weighted by atomic mass is 10.0. The van der Waals surface area contributed by atoms with Crippen LogP contribution < -0.4 is 15.8 Å². The van der Waals surface area contributed by atoms with Gasteiger partial charge in [-0.05, 0) is 42.7 Å². The summed E-state index contributed by atoms with van der Waals surface area (Å²) in [6.07, 6.45) is 5.13. The van der Waals surface area contributed by atoms with E-state index in [0.29, 0.717) is 25.2 Å². The highest BCUT2D eigenvalue weighted by Gasteiger charge is 2.28. The molecule has 9 nitrogen and oxygen atoms in total. The van der Waals surface area contributed by atoms with Crippen LogP contribution in [-0.4, -0.2) is 63.3 Å². The van der Waals surface area contributed by atoms with E-state index in [9.17, 15) is 9.59 Å². The molecule has 1 aliphatic heterocycles. The van der Waals surface area contributed by atoms with E-state index in [2.05, 4.69) is 32.2 Å². The summed E-state index contributed by atoms with van der Waals surface area (Å²) in [4.78, 5) is 36.5. The van der Waals surface area contributed by atoms with Gasteiger partial charge in [0.15, 0.2) is 0 Å². The summed E-state index contributed by atoms with van der Waals surface area (Å²) in [5.74, 6) is 1.48. The van der Waals surface area contributed by atoms with Crippen LogP contribution in [-0.2, 0) is 7.05 Å². The third-order valence-corrected chi connectivity index (χ3v) is 5.68. The van der Waals surface area contributed by atoms with Crippen LogP contribution in [0.15, 0.2) is 41.6 Å². The van der Waals surface area contributed by atoms with Crippen molar-refractivity contribution in [2.75, 3.05) is 36.9 Å². The maximum absolute atomic E-state index is 12.8. The Morgan fingerprint density at radius 2 is 2.03 bits per heavy atom. The number of anilines is 2. The Morgan fingerprint density at radius 1 is 1.23 bits per heavy atom. The molecular weight excluding hydrogens is 394 g/mol. The van der Waals surface area contributed by atoms with E-state index in [-0.39, 0.29) is 17.5 Å². The lowest BCUT2D eigenvalue weighted by Crippen LogP contribution is -2.54. The zero-order chi connectivity index (χ0) is 22.1. The highest BCUT2D eigenvalue weighted by atomic mass is 16.2. The van der Waals surface area contributed by atoms with Crippen molar-refractivity contribution >= 4 is 17.5 Å². The summed E-state index contributed by atoms with van der Waals surface area (Å²) in [6.45, 7) is 5.81. The third-order valence-electron chi connectivity index (χ3n) is 5.68. The number of rotatable bonds is 4. The predicted octanol–water partition coefficient (Wildman–Crippen LogP) is 1.87. The molecule has 0 aromatic carbocycles. The minimum absolute atomic E-state index is 0.0196. The molecule has 9 heteroatoms. The van der Waals surface area contributed by atoms with Gasteiger partial charge in [0.2, 0.25) is 5.56 Å². The minimum Gasteiger partial charge on any atom is -0.373 e. The van der Waals surface area contributed by atoms with Crippen molar-refractivity contribution < 1.29 is 4.79 Å². The molecule has 1 atom stereocenters. The number of nitrogens with one attached hydrogen (secondary N) is 2. The van der Waals surface area contributed by atoms with Crippen molar-refractivity contribution in [2.45, 2.75) is 19.9 Å². The second kappa shape index (κ2) is 8.25. The van der Waals surface area contributed by atoms with E-state index in [1.165, 1.54) is 0 Å². The number of aromatic nitrogens is 4. The molecule has 1 aliphatic rings. The van der Waals surface area contributed by atoms with Crippen LogP contribution in [0.3, 0.4) is 0 Å². The van der Waals surface area contributed by atoms with Crippen molar-refractivity contribution in [2.24, 2.45) is 7.05 Å². The van der Waals surface area contributed by atoms with Gasteiger partial charge < -0.3 is 20.1 Å². The van der Waals surface area contributed by atoms with E-state index in [0.717, 1.165) is 28.3 Å². The highest BCUT2D eigenvalue weighted by molar-refractivity contribution is 5.94. The molecule has 3 aromatic rings. The second-order valence-corrected chi connectivity index (χ2v) is 7.95. The third kappa shape index (κ3) is 4.16. The van der Waals surface area contributed by atoms with Gasteiger partial charge in [-0.25, -0.2) is 4.98 Å². The highest BCUT2D eigenvalue weighted by Crippen LogP contribution is 2.28. The molecule has 31 heavy (non-hydrogen) atoms. The Morgan fingerprint density at radius 3 is 2.71 bits per heavy atom. The summed E-state index contributed by atoms with van der Waals surface area (Å²) in [6, 6.07) is 5.60. The van der Waals surface area contributed by atoms with Crippen LogP contribution in [0.2, 0.25) is 0 Å². The van der Waals surface area contributed by atoms with Gasteiger partial charge in [-0.1, -0.05) is 0 Å². The molecule has 0 spiro atoms. The standard InChI is InChI=1S/C22H27N7O2/c1-14-10-24-19(23-3)9-18(14)16-7-20(26-21(30)8-16)29-6-5-28(12-15(29)2)22(31)17-11-25-27(4)13-17/h7-11,13,15H,5-6,12H2,1-4H3,(H,23,24)(H,26,30). The number of hydrogen-bond acceptors (Lipinski definition) is 6. The van der Waals surface area contributed by atoms with Crippen molar-refractivity contribution in [1.29, 1.82) is 0 Å². The molecule has 1 saturated heterocycles. The summed E-state index contributed by atoms with van der Waals surface area (Å²) >= 11 is 0. The van der Waals surface area contributed by atoms with E-state index in [1.54, 1.807) is 36.4 Å². The van der Waals surface area contributed by atoms with Crippen molar-refractivity contribution in [1.82, 2.24) is 24.6 Å². The molecule has 162 valence electrons. The fraction of sp³-hybridized carbons (Fsp3) is 0.364. The van der Waals surface area contributed by atoms with Gasteiger partial charge in [0.1, 0.15) is 11.6 Å². The van der Waals surface area contributed by atoms with Crippen LogP contribution in [0, 0.1) is 6.92 Å². The zero-order valence-corrected chi connectivity index (χ0v) is 18.2. The number of amides is 1. The SMILES string of the molecule is CNc1cc(-c2cc(N3CCN(C(=O)c4cnn(C)c4)CC3C)[nH]c(=O)c2)c(C)cn1. The Kier molecular flexibility index (Phi) is 5.50. The fourth-order valence-electron chi connectivity index (χ4n) is 4.02. The smallest absolute Gasteiger partial charge is 0.257 e. The van der Waals surface area contributed by atoms with Crippen LogP contribution in [0.1, 0.15) is 22.8 Å². The van der Waals surface area contributed by atoms with Gasteiger partial charge >= 0.3 is 0 Å². The van der Waals surface area contributed by atoms with Gasteiger partial charge in [0.05, 0.1) is 11.8 Å². The number of carbonyl (C=O) groups is 1.